The summed E-state index contributed by atoms with van der Waals surface area (Å²) in [6, 6.07) is 10.1. The summed E-state index contributed by atoms with van der Waals surface area (Å²) >= 11 is 13.3. The summed E-state index contributed by atoms with van der Waals surface area (Å²) in [5.74, 6) is -2.05. The predicted molar refractivity (Wildman–Crippen MR) is 166 cm³/mol. The highest BCUT2D eigenvalue weighted by molar-refractivity contribution is 6.36. The number of ether oxygens (including phenoxy) is 3. The third-order valence-electron chi connectivity index (χ3n) is 7.46. The Balaban J connectivity index is 1.90. The Morgan fingerprint density at radius 3 is 2.12 bits per heavy atom. The van der Waals surface area contributed by atoms with E-state index in [1.54, 1.807) is 50.3 Å². The zero-order valence-electron chi connectivity index (χ0n) is 24.3. The number of aliphatic carboxylic acids is 2. The maximum absolute atomic E-state index is 14.4. The SMILES string of the molecule is C/C=c1/c(Cl)cc(C2=C(CC)CCC(C)(C(=O)c3cc(Cl)c4ccccc4c3OCC(=O)O)O2)c(OCC(=O)O)/c1=C/C. The first kappa shape index (κ1) is 31.9. The number of carbonyl (C=O) groups is 3. The number of halogens is 2. The molecule has 8 nitrogen and oxygen atoms in total. The second-order valence-corrected chi connectivity index (χ2v) is 11.0. The van der Waals surface area contributed by atoms with Gasteiger partial charge < -0.3 is 24.4 Å². The van der Waals surface area contributed by atoms with Crippen molar-refractivity contribution < 1.29 is 38.8 Å². The summed E-state index contributed by atoms with van der Waals surface area (Å²) in [6.07, 6.45) is 4.99. The molecule has 43 heavy (non-hydrogen) atoms. The van der Waals surface area contributed by atoms with Crippen LogP contribution >= 0.6 is 23.2 Å². The van der Waals surface area contributed by atoms with Crippen LogP contribution in [0, 0.1) is 0 Å². The standard InChI is InChI=1S/C33H32Cl2O8/c1-5-18-12-13-33(4,32(40)24-15-26(35)21-10-8-9-11-22(21)31(24)42-17-28(38)39)43-29(18)23-14-25(34)19(6-2)20(7-3)30(23)41-16-27(36)37/h6-11,14-15H,5,12-13,16-17H2,1-4H3,(H,36,37)(H,38,39)/b19-6+,20-7+. The molecule has 0 aromatic heterocycles. The quantitative estimate of drug-likeness (QED) is 0.254. The molecule has 1 atom stereocenters. The first-order valence-electron chi connectivity index (χ1n) is 13.8. The molecule has 0 spiro atoms. The molecule has 0 saturated heterocycles. The van der Waals surface area contributed by atoms with Gasteiger partial charge in [0.25, 0.3) is 0 Å². The zero-order chi connectivity index (χ0) is 31.5. The number of benzene rings is 3. The van der Waals surface area contributed by atoms with Crippen molar-refractivity contribution in [3.05, 3.63) is 73.6 Å². The summed E-state index contributed by atoms with van der Waals surface area (Å²) in [5.41, 5.74) is -0.00990. The monoisotopic (exact) mass is 626 g/mol. The molecular weight excluding hydrogens is 595 g/mol. The van der Waals surface area contributed by atoms with E-state index in [0.29, 0.717) is 61.8 Å². The van der Waals surface area contributed by atoms with E-state index in [1.165, 1.54) is 6.07 Å². The Labute approximate surface area is 258 Å². The van der Waals surface area contributed by atoms with Gasteiger partial charge in [0, 0.05) is 26.0 Å². The number of ketones is 1. The van der Waals surface area contributed by atoms with E-state index in [0.717, 1.165) is 5.57 Å². The smallest absolute Gasteiger partial charge is 0.341 e. The van der Waals surface area contributed by atoms with E-state index >= 15 is 0 Å². The Morgan fingerprint density at radius 2 is 1.53 bits per heavy atom. The fourth-order valence-corrected chi connectivity index (χ4v) is 5.94. The number of carboxylic acids is 2. The number of Topliss-reactive ketones (excluding diaryl/α,β-unsaturated/α-hetero) is 1. The molecular formula is C33H32Cl2O8. The average molecular weight is 628 g/mol. The predicted octanol–water partition coefficient (Wildman–Crippen LogP) is 6.25. The maximum atomic E-state index is 14.4. The largest absolute Gasteiger partial charge is 0.480 e. The van der Waals surface area contributed by atoms with Crippen molar-refractivity contribution in [2.45, 2.75) is 52.6 Å². The highest BCUT2D eigenvalue weighted by atomic mass is 35.5. The van der Waals surface area contributed by atoms with Crippen LogP contribution < -0.4 is 19.9 Å². The van der Waals surface area contributed by atoms with Gasteiger partial charge in [0.05, 0.1) is 11.1 Å². The lowest BCUT2D eigenvalue weighted by molar-refractivity contribution is -0.140. The van der Waals surface area contributed by atoms with E-state index in [-0.39, 0.29) is 17.1 Å². The second-order valence-electron chi connectivity index (χ2n) is 10.2. The third-order valence-corrected chi connectivity index (χ3v) is 8.08. The number of hydrogen-bond donors (Lipinski definition) is 2. The molecule has 10 heteroatoms. The summed E-state index contributed by atoms with van der Waals surface area (Å²) in [7, 11) is 0. The lowest BCUT2D eigenvalue weighted by Crippen LogP contribution is -2.41. The first-order chi connectivity index (χ1) is 20.4. The minimum atomic E-state index is -1.43. The van der Waals surface area contributed by atoms with Gasteiger partial charge in [-0.1, -0.05) is 66.5 Å². The van der Waals surface area contributed by atoms with Gasteiger partial charge in [0.2, 0.25) is 5.78 Å². The van der Waals surface area contributed by atoms with Crippen LogP contribution in [0.5, 0.6) is 11.5 Å². The van der Waals surface area contributed by atoms with Crippen molar-refractivity contribution in [2.75, 3.05) is 13.2 Å². The van der Waals surface area contributed by atoms with E-state index in [9.17, 15) is 24.6 Å². The lowest BCUT2D eigenvalue weighted by atomic mass is 9.83. The van der Waals surface area contributed by atoms with Gasteiger partial charge in [-0.3, -0.25) is 4.79 Å². The number of fused-ring (bicyclic) bond motifs is 1. The van der Waals surface area contributed by atoms with Gasteiger partial charge in [-0.25, -0.2) is 9.59 Å². The molecule has 2 N–H and O–H groups in total. The molecule has 4 rings (SSSR count). The van der Waals surface area contributed by atoms with E-state index in [1.807, 2.05) is 19.9 Å². The topological polar surface area (TPSA) is 119 Å². The van der Waals surface area contributed by atoms with Crippen LogP contribution in [0.3, 0.4) is 0 Å². The summed E-state index contributed by atoms with van der Waals surface area (Å²) in [5, 5.41) is 21.8. The molecule has 0 amide bonds. The highest BCUT2D eigenvalue weighted by Gasteiger charge is 2.43. The van der Waals surface area contributed by atoms with E-state index in [4.69, 9.17) is 37.4 Å². The zero-order valence-corrected chi connectivity index (χ0v) is 25.8. The molecule has 1 aliphatic rings. The molecule has 0 bridgehead atoms. The molecule has 0 radical (unpaired) electrons. The van der Waals surface area contributed by atoms with Crippen LogP contribution in [0.15, 0.2) is 42.0 Å². The van der Waals surface area contributed by atoms with Gasteiger partial charge >= 0.3 is 11.9 Å². The van der Waals surface area contributed by atoms with Crippen molar-refractivity contribution in [2.24, 2.45) is 0 Å². The molecule has 226 valence electrons. The van der Waals surface area contributed by atoms with Gasteiger partial charge in [-0.15, -0.1) is 0 Å². The Bertz CT molecular complexity index is 1780. The highest BCUT2D eigenvalue weighted by Crippen LogP contribution is 2.44. The van der Waals surface area contributed by atoms with Crippen LogP contribution in [0.1, 0.15) is 62.9 Å². The van der Waals surface area contributed by atoms with Crippen LogP contribution in [0.2, 0.25) is 10.0 Å². The van der Waals surface area contributed by atoms with Gasteiger partial charge in [-0.2, -0.15) is 0 Å². The van der Waals surface area contributed by atoms with Crippen molar-refractivity contribution in [1.29, 1.82) is 0 Å². The maximum Gasteiger partial charge on any atom is 0.341 e. The Hall–Kier alpha value is -4.01. The fourth-order valence-electron chi connectivity index (χ4n) is 5.35. The van der Waals surface area contributed by atoms with E-state index < -0.39 is 36.5 Å². The Morgan fingerprint density at radius 1 is 0.930 bits per heavy atom. The first-order valence-corrected chi connectivity index (χ1v) is 14.5. The summed E-state index contributed by atoms with van der Waals surface area (Å²) < 4.78 is 18.1. The van der Waals surface area contributed by atoms with Crippen LogP contribution in [-0.4, -0.2) is 46.7 Å². The van der Waals surface area contributed by atoms with Crippen LogP contribution in [-0.2, 0) is 14.3 Å². The van der Waals surface area contributed by atoms with Gasteiger partial charge in [0.1, 0.15) is 17.3 Å². The summed E-state index contributed by atoms with van der Waals surface area (Å²) in [6.45, 7) is 5.98. The number of carboxylic acid groups (broad SMARTS) is 2. The molecule has 1 aliphatic heterocycles. The van der Waals surface area contributed by atoms with Crippen LogP contribution in [0.25, 0.3) is 28.7 Å². The minimum absolute atomic E-state index is 0.0886. The van der Waals surface area contributed by atoms with Gasteiger partial charge in [-0.05, 0) is 63.0 Å². The summed E-state index contributed by atoms with van der Waals surface area (Å²) in [4.78, 5) is 37.3. The van der Waals surface area contributed by atoms with Crippen molar-refractivity contribution >= 4 is 69.6 Å². The molecule has 0 saturated carbocycles. The normalized spacial score (nSPS) is 17.6. The molecule has 1 unspecified atom stereocenters. The van der Waals surface area contributed by atoms with Gasteiger partial charge in [0.15, 0.2) is 18.8 Å². The molecule has 0 fully saturated rings. The second kappa shape index (κ2) is 13.1. The molecule has 0 aliphatic carbocycles. The van der Waals surface area contributed by atoms with Crippen LogP contribution in [0.4, 0.5) is 0 Å². The molecule has 1 heterocycles. The number of carbonyl (C=O) groups excluding carboxylic acids is 1. The number of rotatable bonds is 10. The number of hydrogen-bond acceptors (Lipinski definition) is 6. The number of allylic oxidation sites excluding steroid dienone is 1. The average Bonchev–Trinajstić information content (AvgIpc) is 2.98. The lowest BCUT2D eigenvalue weighted by Gasteiger charge is -2.37. The fraction of sp³-hybridized carbons (Fsp3) is 0.303. The minimum Gasteiger partial charge on any atom is -0.480 e. The van der Waals surface area contributed by atoms with E-state index in [2.05, 4.69) is 0 Å². The van der Waals surface area contributed by atoms with Crippen molar-refractivity contribution in [1.82, 2.24) is 0 Å². The Kier molecular flexibility index (Phi) is 9.72. The molecule has 3 aromatic carbocycles. The van der Waals surface area contributed by atoms with Crippen molar-refractivity contribution in [3.63, 3.8) is 0 Å². The third kappa shape index (κ3) is 6.36. The molecule has 3 aromatic rings. The van der Waals surface area contributed by atoms with Crippen molar-refractivity contribution in [3.8, 4) is 11.5 Å².